The molecule has 0 atom stereocenters. The number of carbonyl (C=O) groups is 1. The molecule has 0 saturated heterocycles. The van der Waals surface area contributed by atoms with Crippen LogP contribution in [0.5, 0.6) is 5.88 Å². The third-order valence-electron chi connectivity index (χ3n) is 2.20. The third kappa shape index (κ3) is 4.71. The highest BCUT2D eigenvalue weighted by Crippen LogP contribution is 2.29. The second kappa shape index (κ2) is 7.38. The van der Waals surface area contributed by atoms with Crippen LogP contribution in [-0.2, 0) is 0 Å². The highest BCUT2D eigenvalue weighted by molar-refractivity contribution is 5.96. The fraction of sp³-hybridized carbons (Fsp3) is 0.400. The highest BCUT2D eigenvalue weighted by Gasteiger charge is 2.24. The van der Waals surface area contributed by atoms with Crippen LogP contribution in [0.3, 0.4) is 0 Å². The van der Waals surface area contributed by atoms with Gasteiger partial charge in [-0.25, -0.2) is 17.6 Å². The maximum Gasteiger partial charge on any atom is 0.312 e. The van der Waals surface area contributed by atoms with Crippen molar-refractivity contribution in [2.45, 2.75) is 12.9 Å². The van der Waals surface area contributed by atoms with Gasteiger partial charge < -0.3 is 15.8 Å². The van der Waals surface area contributed by atoms with Gasteiger partial charge in [0.25, 0.3) is 18.8 Å². The number of nitrogens with one attached hydrogen (secondary N) is 1. The Hall–Kier alpha value is -2.66. The first-order chi connectivity index (χ1) is 10.2. The number of hydrogen-bond donors (Lipinski definition) is 2. The molecule has 0 aliphatic heterocycles. The second-order valence-electron chi connectivity index (χ2n) is 3.80. The van der Waals surface area contributed by atoms with Gasteiger partial charge in [0, 0.05) is 6.07 Å². The summed E-state index contributed by atoms with van der Waals surface area (Å²) in [5.41, 5.74) is 3.52. The van der Waals surface area contributed by atoms with Gasteiger partial charge in [-0.2, -0.15) is 4.98 Å². The van der Waals surface area contributed by atoms with E-state index < -0.39 is 59.8 Å². The Morgan fingerprint density at radius 2 is 2.05 bits per heavy atom. The predicted octanol–water partition coefficient (Wildman–Crippen LogP) is 1.41. The minimum absolute atomic E-state index is 0.615. The van der Waals surface area contributed by atoms with Gasteiger partial charge >= 0.3 is 5.69 Å². The van der Waals surface area contributed by atoms with Crippen molar-refractivity contribution in [3.05, 3.63) is 21.7 Å². The van der Waals surface area contributed by atoms with Crippen LogP contribution in [0, 0.1) is 10.1 Å². The summed E-state index contributed by atoms with van der Waals surface area (Å²) in [6.07, 6.45) is -5.75. The number of anilines is 1. The van der Waals surface area contributed by atoms with Crippen LogP contribution in [-0.4, -0.2) is 41.8 Å². The van der Waals surface area contributed by atoms with Gasteiger partial charge in [-0.05, 0) is 0 Å². The first kappa shape index (κ1) is 17.4. The number of carbonyl (C=O) groups excluding carboxylic acids is 1. The van der Waals surface area contributed by atoms with Crippen molar-refractivity contribution in [3.63, 3.8) is 0 Å². The van der Waals surface area contributed by atoms with Gasteiger partial charge in [0.05, 0.1) is 11.5 Å². The first-order valence-electron chi connectivity index (χ1n) is 5.64. The minimum atomic E-state index is -2.91. The summed E-state index contributed by atoms with van der Waals surface area (Å²) in [5, 5.41) is 12.8. The molecule has 0 bridgehead atoms. The van der Waals surface area contributed by atoms with E-state index in [1.807, 2.05) is 5.32 Å². The normalized spacial score (nSPS) is 10.8. The van der Waals surface area contributed by atoms with E-state index in [0.29, 0.717) is 6.07 Å². The maximum absolute atomic E-state index is 12.2. The van der Waals surface area contributed by atoms with E-state index in [1.165, 1.54) is 0 Å². The van der Waals surface area contributed by atoms with E-state index in [-0.39, 0.29) is 0 Å². The number of hydrogen-bond acceptors (Lipinski definition) is 6. The van der Waals surface area contributed by atoms with Gasteiger partial charge in [-0.3, -0.25) is 14.9 Å². The molecule has 8 nitrogen and oxygen atoms in total. The number of nitrogens with two attached hydrogens (primary N) is 1. The minimum Gasteiger partial charge on any atom is -0.471 e. The summed E-state index contributed by atoms with van der Waals surface area (Å²) in [4.78, 5) is 24.4. The van der Waals surface area contributed by atoms with Crippen LogP contribution in [0.4, 0.5) is 29.1 Å². The third-order valence-corrected chi connectivity index (χ3v) is 2.20. The Labute approximate surface area is 120 Å². The summed E-state index contributed by atoms with van der Waals surface area (Å²) in [6.45, 7) is -2.13. The van der Waals surface area contributed by atoms with Crippen LogP contribution in [0.15, 0.2) is 6.07 Å². The lowest BCUT2D eigenvalue weighted by molar-refractivity contribution is -0.384. The summed E-state index contributed by atoms with van der Waals surface area (Å²) in [6, 6.07) is 0.615. The molecule has 0 radical (unpaired) electrons. The molecule has 3 N–H and O–H groups in total. The molecule has 1 rings (SSSR count). The molecule has 1 aromatic heterocycles. The summed E-state index contributed by atoms with van der Waals surface area (Å²) in [5.74, 6) is -2.57. The van der Waals surface area contributed by atoms with Crippen molar-refractivity contribution in [3.8, 4) is 5.88 Å². The Bertz CT molecular complexity index is 525. The summed E-state index contributed by atoms with van der Waals surface area (Å²) in [7, 11) is 0. The largest absolute Gasteiger partial charge is 0.471 e. The lowest BCUT2D eigenvalue weighted by atomic mass is 10.2. The molecule has 122 valence electrons. The smallest absolute Gasteiger partial charge is 0.312 e. The van der Waals surface area contributed by atoms with Crippen molar-refractivity contribution in [2.75, 3.05) is 18.5 Å². The number of halogens is 4. The average Bonchev–Trinajstić information content (AvgIpc) is 2.41. The predicted molar refractivity (Wildman–Crippen MR) is 65.4 cm³/mol. The quantitative estimate of drug-likeness (QED) is 0.423. The van der Waals surface area contributed by atoms with Gasteiger partial charge in [-0.15, -0.1) is 0 Å². The van der Waals surface area contributed by atoms with E-state index in [0.717, 1.165) is 0 Å². The molecule has 0 aliphatic rings. The zero-order valence-electron chi connectivity index (χ0n) is 10.8. The Morgan fingerprint density at radius 3 is 2.50 bits per heavy atom. The fourth-order valence-corrected chi connectivity index (χ4v) is 1.36. The number of amides is 1. The van der Waals surface area contributed by atoms with Crippen molar-refractivity contribution < 1.29 is 32.0 Å². The van der Waals surface area contributed by atoms with Crippen molar-refractivity contribution in [1.29, 1.82) is 0 Å². The second-order valence-corrected chi connectivity index (χ2v) is 3.80. The topological polar surface area (TPSA) is 120 Å². The zero-order valence-corrected chi connectivity index (χ0v) is 10.8. The average molecular weight is 326 g/mol. The fourth-order valence-electron chi connectivity index (χ4n) is 1.36. The molecule has 0 aliphatic carbocycles. The number of nitrogens with zero attached hydrogens (tertiary/aromatic N) is 2. The number of nitro groups is 1. The van der Waals surface area contributed by atoms with Gasteiger partial charge in [0.1, 0.15) is 5.56 Å². The number of alkyl halides is 4. The summed E-state index contributed by atoms with van der Waals surface area (Å²) >= 11 is 0. The van der Waals surface area contributed by atoms with Gasteiger partial charge in [0.2, 0.25) is 11.7 Å². The molecular formula is C10H10F4N4O4. The molecule has 22 heavy (non-hydrogen) atoms. The van der Waals surface area contributed by atoms with Crippen molar-refractivity contribution in [2.24, 2.45) is 5.73 Å². The molecule has 0 unspecified atom stereocenters. The van der Waals surface area contributed by atoms with E-state index in [2.05, 4.69) is 9.72 Å². The molecule has 12 heteroatoms. The van der Waals surface area contributed by atoms with Crippen LogP contribution in [0.1, 0.15) is 10.4 Å². The maximum atomic E-state index is 12.2. The van der Waals surface area contributed by atoms with Crippen LogP contribution < -0.4 is 15.8 Å². The van der Waals surface area contributed by atoms with Crippen LogP contribution in [0.25, 0.3) is 0 Å². The molecule has 0 saturated carbocycles. The van der Waals surface area contributed by atoms with Crippen LogP contribution in [0.2, 0.25) is 0 Å². The van der Waals surface area contributed by atoms with E-state index >= 15 is 0 Å². The molecule has 1 aromatic rings. The standard InChI is InChI=1S/C10H10F4N4O4/c11-6(12)2-16-9-5(18(20)21)1-4(8(15)19)10(17-9)22-3-7(13)14/h1,6-7H,2-3H2,(H2,15,19)(H,16,17). The number of rotatable bonds is 8. The van der Waals surface area contributed by atoms with Crippen molar-refractivity contribution >= 4 is 17.4 Å². The lowest BCUT2D eigenvalue weighted by Gasteiger charge is -2.11. The number of pyridine rings is 1. The number of aromatic nitrogens is 1. The van der Waals surface area contributed by atoms with Crippen molar-refractivity contribution in [1.82, 2.24) is 4.98 Å². The molecular weight excluding hydrogens is 316 g/mol. The summed E-state index contributed by atoms with van der Waals surface area (Å²) < 4.78 is 53.1. The van der Waals surface area contributed by atoms with E-state index in [4.69, 9.17) is 5.73 Å². The Balaban J connectivity index is 3.25. The first-order valence-corrected chi connectivity index (χ1v) is 5.64. The van der Waals surface area contributed by atoms with Crippen LogP contribution >= 0.6 is 0 Å². The Kier molecular flexibility index (Phi) is 5.83. The Morgan fingerprint density at radius 1 is 1.41 bits per heavy atom. The molecule has 0 aromatic carbocycles. The van der Waals surface area contributed by atoms with Gasteiger partial charge in [-0.1, -0.05) is 0 Å². The molecule has 0 spiro atoms. The van der Waals surface area contributed by atoms with E-state index in [9.17, 15) is 32.5 Å². The lowest BCUT2D eigenvalue weighted by Crippen LogP contribution is -2.19. The van der Waals surface area contributed by atoms with Gasteiger partial charge in [0.15, 0.2) is 6.61 Å². The number of primary amides is 1. The molecule has 1 amide bonds. The SMILES string of the molecule is NC(=O)c1cc([N+](=O)[O-])c(NCC(F)F)nc1OCC(F)F. The highest BCUT2D eigenvalue weighted by atomic mass is 19.3. The molecule has 0 fully saturated rings. The monoisotopic (exact) mass is 326 g/mol. The zero-order chi connectivity index (χ0) is 16.9. The number of ether oxygens (including phenoxy) is 1. The molecule has 1 heterocycles. The van der Waals surface area contributed by atoms with E-state index in [1.54, 1.807) is 0 Å².